The fourth-order valence-corrected chi connectivity index (χ4v) is 2.57. The van der Waals surface area contributed by atoms with E-state index in [0.29, 0.717) is 22.8 Å². The number of hydrogen-bond donors (Lipinski definition) is 2. The van der Waals surface area contributed by atoms with Gasteiger partial charge in [0, 0.05) is 11.6 Å². The van der Waals surface area contributed by atoms with Crippen LogP contribution in [0.5, 0.6) is 17.2 Å². The maximum Gasteiger partial charge on any atom is 0.305 e. The molecule has 2 unspecified atom stereocenters. The number of methoxy groups -OCH3 is 2. The predicted molar refractivity (Wildman–Crippen MR) is 99.2 cm³/mol. The van der Waals surface area contributed by atoms with E-state index in [1.54, 1.807) is 49.4 Å². The van der Waals surface area contributed by atoms with Gasteiger partial charge in [-0.1, -0.05) is 18.2 Å². The largest absolute Gasteiger partial charge is 0.497 e. The molecule has 0 aromatic heterocycles. The van der Waals surface area contributed by atoms with E-state index in [1.807, 2.05) is 6.07 Å². The molecule has 0 radical (unpaired) electrons. The molecule has 0 aliphatic heterocycles. The number of benzene rings is 2. The van der Waals surface area contributed by atoms with Crippen LogP contribution in [-0.2, 0) is 9.59 Å². The van der Waals surface area contributed by atoms with Crippen LogP contribution >= 0.6 is 0 Å². The zero-order chi connectivity index (χ0) is 19.8. The van der Waals surface area contributed by atoms with Gasteiger partial charge in [-0.25, -0.2) is 0 Å². The summed E-state index contributed by atoms with van der Waals surface area (Å²) in [6, 6.07) is 13.1. The second-order valence-corrected chi connectivity index (χ2v) is 5.84. The monoisotopic (exact) mass is 373 g/mol. The molecule has 2 rings (SSSR count). The minimum absolute atomic E-state index is 0.299. The minimum Gasteiger partial charge on any atom is -0.497 e. The number of carboxylic acid groups (broad SMARTS) is 1. The van der Waals surface area contributed by atoms with Crippen LogP contribution in [0.25, 0.3) is 0 Å². The average molecular weight is 373 g/mol. The summed E-state index contributed by atoms with van der Waals surface area (Å²) in [6.45, 7) is 1.60. The van der Waals surface area contributed by atoms with Crippen molar-refractivity contribution in [3.63, 3.8) is 0 Å². The Balaban J connectivity index is 2.19. The Morgan fingerprint density at radius 1 is 1.04 bits per heavy atom. The summed E-state index contributed by atoms with van der Waals surface area (Å²) in [5.74, 6) is 0.0732. The molecule has 2 aromatic carbocycles. The Kier molecular flexibility index (Phi) is 7.05. The van der Waals surface area contributed by atoms with E-state index in [0.717, 1.165) is 0 Å². The maximum atomic E-state index is 12.5. The molecular formula is C20H23NO6. The Hall–Kier alpha value is -3.22. The molecule has 0 aliphatic rings. The van der Waals surface area contributed by atoms with Crippen LogP contribution in [0.1, 0.15) is 24.9 Å². The second kappa shape index (κ2) is 9.47. The number of carbonyl (C=O) groups excluding carboxylic acids is 1. The summed E-state index contributed by atoms with van der Waals surface area (Å²) < 4.78 is 16.1. The topological polar surface area (TPSA) is 94.1 Å². The first kappa shape index (κ1) is 20.1. The number of carboxylic acids is 1. The number of nitrogens with one attached hydrogen (secondary N) is 1. The van der Waals surface area contributed by atoms with Crippen molar-refractivity contribution in [1.82, 2.24) is 5.32 Å². The van der Waals surface area contributed by atoms with Crippen LogP contribution in [0, 0.1) is 0 Å². The molecule has 2 N–H and O–H groups in total. The molecule has 7 heteroatoms. The lowest BCUT2D eigenvalue weighted by Gasteiger charge is -2.22. The van der Waals surface area contributed by atoms with Crippen molar-refractivity contribution < 1.29 is 28.9 Å². The highest BCUT2D eigenvalue weighted by molar-refractivity contribution is 5.82. The lowest BCUT2D eigenvalue weighted by atomic mass is 10.0. The van der Waals surface area contributed by atoms with Crippen LogP contribution in [0.4, 0.5) is 0 Å². The van der Waals surface area contributed by atoms with E-state index in [1.165, 1.54) is 14.2 Å². The van der Waals surface area contributed by atoms with Crippen molar-refractivity contribution in [3.05, 3.63) is 54.1 Å². The molecule has 0 saturated heterocycles. The summed E-state index contributed by atoms with van der Waals surface area (Å²) in [6.07, 6.45) is -1.10. The predicted octanol–water partition coefficient (Wildman–Crippen LogP) is 2.80. The van der Waals surface area contributed by atoms with Crippen molar-refractivity contribution in [2.24, 2.45) is 0 Å². The van der Waals surface area contributed by atoms with E-state index in [2.05, 4.69) is 5.32 Å². The van der Waals surface area contributed by atoms with Crippen LogP contribution in [0.3, 0.4) is 0 Å². The minimum atomic E-state index is -1.05. The van der Waals surface area contributed by atoms with Gasteiger partial charge in [-0.15, -0.1) is 0 Å². The molecule has 0 spiro atoms. The molecular weight excluding hydrogens is 350 g/mol. The SMILES string of the molecule is COc1ccc(C(CC(=O)O)NC(=O)C(C)Oc2ccccc2)c(OC)c1. The third-order valence-corrected chi connectivity index (χ3v) is 3.94. The highest BCUT2D eigenvalue weighted by atomic mass is 16.5. The van der Waals surface area contributed by atoms with Gasteiger partial charge in [0.2, 0.25) is 0 Å². The molecule has 2 aromatic rings. The van der Waals surface area contributed by atoms with Crippen molar-refractivity contribution in [2.45, 2.75) is 25.5 Å². The first-order valence-electron chi connectivity index (χ1n) is 8.40. The number of rotatable bonds is 9. The first-order chi connectivity index (χ1) is 12.9. The summed E-state index contributed by atoms with van der Waals surface area (Å²) in [5.41, 5.74) is 0.543. The Labute approximate surface area is 157 Å². The van der Waals surface area contributed by atoms with E-state index in [4.69, 9.17) is 14.2 Å². The second-order valence-electron chi connectivity index (χ2n) is 5.84. The lowest BCUT2D eigenvalue weighted by molar-refractivity contribution is -0.138. The molecule has 1 amide bonds. The summed E-state index contributed by atoms with van der Waals surface area (Å²) in [4.78, 5) is 23.8. The van der Waals surface area contributed by atoms with E-state index in [9.17, 15) is 14.7 Å². The maximum absolute atomic E-state index is 12.5. The fourth-order valence-electron chi connectivity index (χ4n) is 2.57. The van der Waals surface area contributed by atoms with E-state index < -0.39 is 24.0 Å². The molecule has 0 heterocycles. The van der Waals surface area contributed by atoms with Crippen molar-refractivity contribution in [2.75, 3.05) is 14.2 Å². The quantitative estimate of drug-likeness (QED) is 0.702. The van der Waals surface area contributed by atoms with Crippen LogP contribution in [-0.4, -0.2) is 37.3 Å². The standard InChI is InChI=1S/C20H23NO6/c1-13(27-14-7-5-4-6-8-14)20(24)21-17(12-19(22)23)16-10-9-15(25-2)11-18(16)26-3/h4-11,13,17H,12H2,1-3H3,(H,21,24)(H,22,23). The van der Waals surface area contributed by atoms with E-state index in [-0.39, 0.29) is 6.42 Å². The van der Waals surface area contributed by atoms with Gasteiger partial charge in [0.1, 0.15) is 17.2 Å². The number of carbonyl (C=O) groups is 2. The van der Waals surface area contributed by atoms with Gasteiger partial charge in [0.15, 0.2) is 6.10 Å². The van der Waals surface area contributed by atoms with Gasteiger partial charge >= 0.3 is 5.97 Å². The molecule has 144 valence electrons. The molecule has 0 aliphatic carbocycles. The van der Waals surface area contributed by atoms with Crippen molar-refractivity contribution in [1.29, 1.82) is 0 Å². The molecule has 2 atom stereocenters. The van der Waals surface area contributed by atoms with Crippen molar-refractivity contribution in [3.8, 4) is 17.2 Å². The summed E-state index contributed by atoms with van der Waals surface area (Å²) in [7, 11) is 2.99. The van der Waals surface area contributed by atoms with E-state index >= 15 is 0 Å². The van der Waals surface area contributed by atoms with Gasteiger partial charge in [0.25, 0.3) is 5.91 Å². The van der Waals surface area contributed by atoms with Gasteiger partial charge in [-0.2, -0.15) is 0 Å². The molecule has 0 fully saturated rings. The van der Waals surface area contributed by atoms with Gasteiger partial charge < -0.3 is 24.6 Å². The number of aliphatic carboxylic acids is 1. The molecule has 7 nitrogen and oxygen atoms in total. The summed E-state index contributed by atoms with van der Waals surface area (Å²) in [5, 5.41) is 12.0. The van der Waals surface area contributed by atoms with Crippen molar-refractivity contribution >= 4 is 11.9 Å². The lowest BCUT2D eigenvalue weighted by Crippen LogP contribution is -2.39. The zero-order valence-corrected chi connectivity index (χ0v) is 15.5. The molecule has 0 saturated carbocycles. The number of hydrogen-bond acceptors (Lipinski definition) is 5. The number of ether oxygens (including phenoxy) is 3. The zero-order valence-electron chi connectivity index (χ0n) is 15.5. The molecule has 0 bridgehead atoms. The number of para-hydroxylation sites is 1. The van der Waals surface area contributed by atoms with Crippen LogP contribution in [0.15, 0.2) is 48.5 Å². The van der Waals surface area contributed by atoms with Crippen LogP contribution < -0.4 is 19.5 Å². The number of amides is 1. The van der Waals surface area contributed by atoms with Gasteiger partial charge in [-0.05, 0) is 31.2 Å². The third kappa shape index (κ3) is 5.64. The highest BCUT2D eigenvalue weighted by Crippen LogP contribution is 2.31. The average Bonchev–Trinajstić information content (AvgIpc) is 2.67. The van der Waals surface area contributed by atoms with Crippen LogP contribution in [0.2, 0.25) is 0 Å². The first-order valence-corrected chi connectivity index (χ1v) is 8.40. The smallest absolute Gasteiger partial charge is 0.305 e. The summed E-state index contributed by atoms with van der Waals surface area (Å²) >= 11 is 0. The van der Waals surface area contributed by atoms with Gasteiger partial charge in [0.05, 0.1) is 26.7 Å². The van der Waals surface area contributed by atoms with Gasteiger partial charge in [-0.3, -0.25) is 9.59 Å². The highest BCUT2D eigenvalue weighted by Gasteiger charge is 2.25. The molecule has 27 heavy (non-hydrogen) atoms. The fraction of sp³-hybridized carbons (Fsp3) is 0.300. The third-order valence-electron chi connectivity index (χ3n) is 3.94. The normalized spacial score (nSPS) is 12.6. The Morgan fingerprint density at radius 3 is 2.33 bits per heavy atom. The Morgan fingerprint density at radius 2 is 1.74 bits per heavy atom. The Bertz CT molecular complexity index is 777.